The van der Waals surface area contributed by atoms with Crippen LogP contribution in [0.1, 0.15) is 0 Å². The minimum absolute atomic E-state index is 0.339. The Morgan fingerprint density at radius 3 is 2.52 bits per heavy atom. The number of hydrogen-bond acceptors (Lipinski definition) is 5. The smallest absolute Gasteiger partial charge is 0.387 e. The minimum Gasteiger partial charge on any atom is -0.476 e. The maximum absolute atomic E-state index is 10.9. The summed E-state index contributed by atoms with van der Waals surface area (Å²) in [5, 5.41) is 13.7. The van der Waals surface area contributed by atoms with Gasteiger partial charge in [-0.2, -0.15) is 0 Å². The van der Waals surface area contributed by atoms with E-state index in [1.807, 2.05) is 30.3 Å². The lowest BCUT2D eigenvalue weighted by Gasteiger charge is -2.02. The number of hydrogen-bond donors (Lipinski definition) is 1. The molecule has 0 saturated carbocycles. The lowest BCUT2D eigenvalue weighted by molar-refractivity contribution is -0.154. The van der Waals surface area contributed by atoms with Crippen LogP contribution in [-0.2, 0) is 4.79 Å². The maximum atomic E-state index is 10.9. The molecule has 1 aromatic heterocycles. The summed E-state index contributed by atoms with van der Waals surface area (Å²) >= 11 is 0. The number of aliphatic carboxylic acids is 1. The van der Waals surface area contributed by atoms with Crippen LogP contribution in [0, 0.1) is 0 Å². The zero-order valence-corrected chi connectivity index (χ0v) is 10.6. The highest BCUT2D eigenvalue weighted by Crippen LogP contribution is 2.41. The van der Waals surface area contributed by atoms with Crippen LogP contribution in [0.4, 0.5) is 0 Å². The fraction of sp³-hybridized carbons (Fsp3) is 0.0667. The molecule has 0 aliphatic carbocycles. The number of ether oxygens (including phenoxy) is 2. The van der Waals surface area contributed by atoms with E-state index in [1.54, 1.807) is 12.1 Å². The number of carboxylic acids is 1. The van der Waals surface area contributed by atoms with Crippen molar-refractivity contribution in [2.75, 3.05) is 0 Å². The van der Waals surface area contributed by atoms with Gasteiger partial charge in [-0.25, -0.2) is 4.79 Å². The van der Waals surface area contributed by atoms with Gasteiger partial charge in [0.1, 0.15) is 5.69 Å². The van der Waals surface area contributed by atoms with Crippen molar-refractivity contribution in [2.45, 2.75) is 6.29 Å². The largest absolute Gasteiger partial charge is 0.476 e. The predicted molar refractivity (Wildman–Crippen MR) is 72.1 cm³/mol. The Morgan fingerprint density at radius 2 is 1.81 bits per heavy atom. The molecule has 0 saturated heterocycles. The Morgan fingerprint density at radius 1 is 1.10 bits per heavy atom. The van der Waals surface area contributed by atoms with Crippen molar-refractivity contribution in [3.63, 3.8) is 0 Å². The Bertz CT molecular complexity index is 840. The van der Waals surface area contributed by atoms with Crippen molar-refractivity contribution < 1.29 is 23.9 Å². The molecule has 104 valence electrons. The van der Waals surface area contributed by atoms with Gasteiger partial charge in [-0.1, -0.05) is 35.5 Å². The standard InChI is InChI=1S/C15H9NO5/c17-14(18)15-19-11-6-9-10(7-12(11)20-15)21-16-13(9)8-4-2-1-3-5-8/h1-7,15H,(H,17,18). The monoisotopic (exact) mass is 283 g/mol. The summed E-state index contributed by atoms with van der Waals surface area (Å²) in [6.07, 6.45) is -1.32. The van der Waals surface area contributed by atoms with Crippen molar-refractivity contribution in [2.24, 2.45) is 0 Å². The first-order valence-corrected chi connectivity index (χ1v) is 6.27. The molecule has 21 heavy (non-hydrogen) atoms. The molecule has 2 heterocycles. The fourth-order valence-corrected chi connectivity index (χ4v) is 2.29. The average molecular weight is 283 g/mol. The van der Waals surface area contributed by atoms with Crippen molar-refractivity contribution in [3.8, 4) is 22.8 Å². The molecule has 0 bridgehead atoms. The number of fused-ring (bicyclic) bond motifs is 2. The number of carboxylic acid groups (broad SMARTS) is 1. The van der Waals surface area contributed by atoms with Crippen molar-refractivity contribution in [3.05, 3.63) is 42.5 Å². The zero-order valence-electron chi connectivity index (χ0n) is 10.6. The molecule has 1 atom stereocenters. The van der Waals surface area contributed by atoms with Crippen LogP contribution >= 0.6 is 0 Å². The van der Waals surface area contributed by atoms with E-state index in [2.05, 4.69) is 5.16 Å². The summed E-state index contributed by atoms with van der Waals surface area (Å²) in [7, 11) is 0. The van der Waals surface area contributed by atoms with Gasteiger partial charge >= 0.3 is 12.3 Å². The molecule has 2 aromatic carbocycles. The third-order valence-electron chi connectivity index (χ3n) is 3.25. The van der Waals surface area contributed by atoms with Gasteiger partial charge in [0, 0.05) is 11.6 Å². The molecule has 0 fully saturated rings. The number of carbonyl (C=O) groups is 1. The molecule has 6 nitrogen and oxygen atoms in total. The van der Waals surface area contributed by atoms with E-state index < -0.39 is 12.3 Å². The van der Waals surface area contributed by atoms with Crippen LogP contribution in [0.25, 0.3) is 22.2 Å². The summed E-state index contributed by atoms with van der Waals surface area (Å²) in [5.74, 6) is -0.467. The summed E-state index contributed by atoms with van der Waals surface area (Å²) in [6, 6.07) is 12.8. The van der Waals surface area contributed by atoms with E-state index in [9.17, 15) is 4.79 Å². The van der Waals surface area contributed by atoms with Crippen LogP contribution in [-0.4, -0.2) is 22.5 Å². The molecular formula is C15H9NO5. The highest BCUT2D eigenvalue weighted by atomic mass is 16.7. The molecular weight excluding hydrogens is 274 g/mol. The van der Waals surface area contributed by atoms with Gasteiger partial charge in [-0.3, -0.25) is 0 Å². The summed E-state index contributed by atoms with van der Waals surface area (Å²) in [4.78, 5) is 10.9. The van der Waals surface area contributed by atoms with Gasteiger partial charge in [-0.15, -0.1) is 0 Å². The highest BCUT2D eigenvalue weighted by molar-refractivity contribution is 5.94. The molecule has 1 unspecified atom stereocenters. The second-order valence-corrected chi connectivity index (χ2v) is 4.60. The SMILES string of the molecule is O=C(O)C1Oc2cc3onc(-c4ccccc4)c3cc2O1. The summed E-state index contributed by atoms with van der Waals surface area (Å²) in [6.45, 7) is 0. The molecule has 0 spiro atoms. The lowest BCUT2D eigenvalue weighted by Crippen LogP contribution is -2.28. The van der Waals surface area contributed by atoms with Gasteiger partial charge in [-0.05, 0) is 6.07 Å². The number of aromatic nitrogens is 1. The maximum Gasteiger partial charge on any atom is 0.387 e. The van der Waals surface area contributed by atoms with E-state index in [0.29, 0.717) is 22.8 Å². The van der Waals surface area contributed by atoms with Gasteiger partial charge in [0.05, 0.1) is 5.39 Å². The predicted octanol–water partition coefficient (Wildman–Crippen LogP) is 2.68. The van der Waals surface area contributed by atoms with Gasteiger partial charge < -0.3 is 19.1 Å². The molecule has 0 radical (unpaired) electrons. The molecule has 1 aliphatic heterocycles. The Labute approximate surface area is 118 Å². The van der Waals surface area contributed by atoms with Gasteiger partial charge in [0.2, 0.25) is 0 Å². The number of rotatable bonds is 2. The number of benzene rings is 2. The Hall–Kier alpha value is -3.02. The summed E-state index contributed by atoms with van der Waals surface area (Å²) in [5.41, 5.74) is 2.10. The van der Waals surface area contributed by atoms with E-state index in [0.717, 1.165) is 10.9 Å². The van der Waals surface area contributed by atoms with Crippen LogP contribution < -0.4 is 9.47 Å². The first-order chi connectivity index (χ1) is 10.2. The first-order valence-electron chi connectivity index (χ1n) is 6.27. The fourth-order valence-electron chi connectivity index (χ4n) is 2.29. The van der Waals surface area contributed by atoms with Crippen LogP contribution in [0.3, 0.4) is 0 Å². The highest BCUT2D eigenvalue weighted by Gasteiger charge is 2.31. The van der Waals surface area contributed by atoms with Crippen molar-refractivity contribution in [1.82, 2.24) is 5.16 Å². The van der Waals surface area contributed by atoms with Gasteiger partial charge in [0.15, 0.2) is 17.1 Å². The third kappa shape index (κ3) is 1.80. The van der Waals surface area contributed by atoms with Gasteiger partial charge in [0.25, 0.3) is 0 Å². The first kappa shape index (κ1) is 11.8. The second kappa shape index (κ2) is 4.24. The minimum atomic E-state index is -1.32. The lowest BCUT2D eigenvalue weighted by atomic mass is 10.1. The molecule has 3 aromatic rings. The average Bonchev–Trinajstić information content (AvgIpc) is 3.08. The van der Waals surface area contributed by atoms with Crippen molar-refractivity contribution in [1.29, 1.82) is 0 Å². The number of nitrogens with zero attached hydrogens (tertiary/aromatic N) is 1. The molecule has 4 rings (SSSR count). The molecule has 1 aliphatic rings. The van der Waals surface area contributed by atoms with Crippen LogP contribution in [0.5, 0.6) is 11.5 Å². The summed E-state index contributed by atoms with van der Waals surface area (Å²) < 4.78 is 15.7. The zero-order chi connectivity index (χ0) is 14.4. The normalized spacial score (nSPS) is 16.3. The quantitative estimate of drug-likeness (QED) is 0.778. The van der Waals surface area contributed by atoms with Crippen LogP contribution in [0.2, 0.25) is 0 Å². The Kier molecular flexibility index (Phi) is 2.38. The van der Waals surface area contributed by atoms with E-state index in [4.69, 9.17) is 19.1 Å². The molecule has 6 heteroatoms. The third-order valence-corrected chi connectivity index (χ3v) is 3.25. The van der Waals surface area contributed by atoms with E-state index in [-0.39, 0.29) is 0 Å². The van der Waals surface area contributed by atoms with Crippen LogP contribution in [0.15, 0.2) is 47.0 Å². The van der Waals surface area contributed by atoms with E-state index in [1.165, 1.54) is 0 Å². The second-order valence-electron chi connectivity index (χ2n) is 4.60. The Balaban J connectivity index is 1.84. The van der Waals surface area contributed by atoms with E-state index >= 15 is 0 Å². The molecule has 1 N–H and O–H groups in total. The van der Waals surface area contributed by atoms with Crippen molar-refractivity contribution >= 4 is 16.9 Å². The molecule has 0 amide bonds. The topological polar surface area (TPSA) is 81.8 Å².